The number of urea groups is 1. The highest BCUT2D eigenvalue weighted by atomic mass is 19.1. The number of hydrogen-bond donors (Lipinski definition) is 1. The molecule has 1 heterocycles. The molecular weight excluding hydrogens is 564 g/mol. The molecule has 0 bridgehead atoms. The molecule has 7 nitrogen and oxygen atoms in total. The molecule has 0 aromatic heterocycles. The molecule has 0 spiro atoms. The summed E-state index contributed by atoms with van der Waals surface area (Å²) in [6, 6.07) is 33.6. The minimum atomic E-state index is -0.455. The molecule has 44 heavy (non-hydrogen) atoms. The molecule has 1 unspecified atom stereocenters. The smallest absolute Gasteiger partial charge is 0.343 e. The first-order valence-corrected chi connectivity index (χ1v) is 13.7. The van der Waals surface area contributed by atoms with Gasteiger partial charge in [-0.25, -0.2) is 23.4 Å². The zero-order valence-corrected chi connectivity index (χ0v) is 23.2. The van der Waals surface area contributed by atoms with E-state index in [-0.39, 0.29) is 24.1 Å². The summed E-state index contributed by atoms with van der Waals surface area (Å²) in [6.07, 6.45) is 0. The highest BCUT2D eigenvalue weighted by Gasteiger charge is 2.32. The van der Waals surface area contributed by atoms with Gasteiger partial charge in [0.1, 0.15) is 28.9 Å². The van der Waals surface area contributed by atoms with Crippen LogP contribution in [0.5, 0.6) is 17.2 Å². The number of carbonyl (C=O) groups is 2. The van der Waals surface area contributed by atoms with E-state index in [9.17, 15) is 18.4 Å². The number of halogens is 2. The number of amides is 2. The largest absolute Gasteiger partial charge is 0.457 e. The van der Waals surface area contributed by atoms with Crippen LogP contribution >= 0.6 is 0 Å². The molecule has 0 aliphatic carbocycles. The molecule has 2 amide bonds. The van der Waals surface area contributed by atoms with Crippen molar-refractivity contribution in [2.24, 2.45) is 5.10 Å². The lowest BCUT2D eigenvalue weighted by molar-refractivity contribution is 0.0734. The van der Waals surface area contributed by atoms with Crippen LogP contribution in [0.3, 0.4) is 0 Å². The zero-order chi connectivity index (χ0) is 30.5. The third-order valence-corrected chi connectivity index (χ3v) is 6.95. The second-order valence-corrected chi connectivity index (χ2v) is 9.96. The number of nitrogens with one attached hydrogen (secondary N) is 1. The first kappa shape index (κ1) is 28.3. The van der Waals surface area contributed by atoms with Crippen LogP contribution in [0.1, 0.15) is 27.4 Å². The van der Waals surface area contributed by atoms with Gasteiger partial charge in [-0.2, -0.15) is 5.10 Å². The van der Waals surface area contributed by atoms with Crippen LogP contribution in [-0.2, 0) is 0 Å². The molecule has 0 radical (unpaired) electrons. The third kappa shape index (κ3) is 6.63. The molecule has 0 fully saturated rings. The zero-order valence-electron chi connectivity index (χ0n) is 23.2. The first-order chi connectivity index (χ1) is 21.4. The van der Waals surface area contributed by atoms with Crippen LogP contribution in [0.4, 0.5) is 19.3 Å². The molecular formula is C35H25F2N3O4. The Kier molecular flexibility index (Phi) is 8.09. The number of hydrazone groups is 1. The van der Waals surface area contributed by atoms with Crippen LogP contribution < -0.4 is 14.8 Å². The van der Waals surface area contributed by atoms with Gasteiger partial charge in [-0.3, -0.25) is 0 Å². The summed E-state index contributed by atoms with van der Waals surface area (Å²) in [6.45, 7) is 0.224. The highest BCUT2D eigenvalue weighted by molar-refractivity contribution is 6.07. The molecule has 1 atom stereocenters. The van der Waals surface area contributed by atoms with E-state index in [2.05, 4.69) is 10.4 Å². The van der Waals surface area contributed by atoms with Gasteiger partial charge in [-0.15, -0.1) is 0 Å². The summed E-state index contributed by atoms with van der Waals surface area (Å²) < 4.78 is 38.4. The van der Waals surface area contributed by atoms with Crippen LogP contribution in [0.2, 0.25) is 0 Å². The average molecular weight is 590 g/mol. The van der Waals surface area contributed by atoms with E-state index in [0.29, 0.717) is 39.8 Å². The van der Waals surface area contributed by atoms with Crippen molar-refractivity contribution in [3.63, 3.8) is 0 Å². The summed E-state index contributed by atoms with van der Waals surface area (Å²) >= 11 is 0. The lowest BCUT2D eigenvalue weighted by atomic mass is 9.90. The van der Waals surface area contributed by atoms with Gasteiger partial charge in [0.25, 0.3) is 0 Å². The predicted molar refractivity (Wildman–Crippen MR) is 162 cm³/mol. The van der Waals surface area contributed by atoms with Crippen LogP contribution in [0, 0.1) is 11.6 Å². The molecule has 0 saturated heterocycles. The second kappa shape index (κ2) is 12.6. The van der Waals surface area contributed by atoms with Gasteiger partial charge < -0.3 is 14.8 Å². The number of ether oxygens (including phenoxy) is 2. The van der Waals surface area contributed by atoms with Crippen LogP contribution in [0.25, 0.3) is 0 Å². The second-order valence-electron chi connectivity index (χ2n) is 9.96. The Hall–Kier alpha value is -5.83. The maximum Gasteiger partial charge on any atom is 0.343 e. The van der Waals surface area contributed by atoms with E-state index < -0.39 is 12.0 Å². The van der Waals surface area contributed by atoms with Crippen molar-refractivity contribution < 1.29 is 27.8 Å². The third-order valence-electron chi connectivity index (χ3n) is 6.95. The van der Waals surface area contributed by atoms with Gasteiger partial charge >= 0.3 is 12.0 Å². The summed E-state index contributed by atoms with van der Waals surface area (Å²) in [5.41, 5.74) is 3.01. The Morgan fingerprint density at radius 1 is 0.705 bits per heavy atom. The molecule has 218 valence electrons. The summed E-state index contributed by atoms with van der Waals surface area (Å²) in [7, 11) is 0. The minimum absolute atomic E-state index is 0.224. The van der Waals surface area contributed by atoms with Crippen molar-refractivity contribution in [2.75, 3.05) is 11.9 Å². The number of benzene rings is 5. The van der Waals surface area contributed by atoms with E-state index in [1.165, 1.54) is 29.3 Å². The van der Waals surface area contributed by atoms with Crippen molar-refractivity contribution in [1.29, 1.82) is 0 Å². The van der Waals surface area contributed by atoms with Gasteiger partial charge in [0, 0.05) is 11.6 Å². The summed E-state index contributed by atoms with van der Waals surface area (Å²) in [4.78, 5) is 25.4. The molecule has 5 aromatic rings. The van der Waals surface area contributed by atoms with Gasteiger partial charge in [0.2, 0.25) is 0 Å². The fourth-order valence-electron chi connectivity index (χ4n) is 4.71. The molecule has 1 aliphatic rings. The van der Waals surface area contributed by atoms with E-state index in [1.807, 2.05) is 6.07 Å². The fourth-order valence-corrected chi connectivity index (χ4v) is 4.71. The van der Waals surface area contributed by atoms with Gasteiger partial charge in [0.05, 0.1) is 17.8 Å². The van der Waals surface area contributed by atoms with Crippen LogP contribution in [-0.4, -0.2) is 29.3 Å². The van der Waals surface area contributed by atoms with Crippen molar-refractivity contribution in [2.45, 2.75) is 5.92 Å². The Balaban J connectivity index is 1.09. The monoisotopic (exact) mass is 589 g/mol. The van der Waals surface area contributed by atoms with Gasteiger partial charge in [0.15, 0.2) is 0 Å². The average Bonchev–Trinajstić information content (AvgIpc) is 3.50. The van der Waals surface area contributed by atoms with Crippen molar-refractivity contribution >= 4 is 23.4 Å². The Morgan fingerprint density at radius 2 is 1.27 bits per heavy atom. The number of esters is 1. The highest BCUT2D eigenvalue weighted by Crippen LogP contribution is 2.30. The van der Waals surface area contributed by atoms with E-state index in [1.54, 1.807) is 97.1 Å². The number of hydrogen-bond acceptors (Lipinski definition) is 5. The van der Waals surface area contributed by atoms with Crippen molar-refractivity contribution in [3.8, 4) is 17.2 Å². The van der Waals surface area contributed by atoms with Crippen molar-refractivity contribution in [1.82, 2.24) is 5.01 Å². The number of anilines is 1. The summed E-state index contributed by atoms with van der Waals surface area (Å²) in [5.74, 6) is -0.0633. The standard InChI is InChI=1S/C35H25F2N3O4/c36-26-10-6-23(7-11-26)32-22-40(39-33(32)24-8-12-27(37)13-9-24)35(42)38-28-14-16-29(17-15-28)43-30-18-20-31(21-19-30)44-34(41)25-4-2-1-3-5-25/h1-21,32H,22H2,(H,38,42). The molecule has 0 saturated carbocycles. The molecule has 9 heteroatoms. The number of carbonyl (C=O) groups excluding carboxylic acids is 2. The lowest BCUT2D eigenvalue weighted by Gasteiger charge is -2.16. The summed E-state index contributed by atoms with van der Waals surface area (Å²) in [5, 5.41) is 8.69. The first-order valence-electron chi connectivity index (χ1n) is 13.7. The lowest BCUT2D eigenvalue weighted by Crippen LogP contribution is -2.30. The Morgan fingerprint density at radius 3 is 1.91 bits per heavy atom. The maximum absolute atomic E-state index is 13.6. The quantitative estimate of drug-likeness (QED) is 0.154. The maximum atomic E-state index is 13.6. The molecule has 5 aromatic carbocycles. The Bertz CT molecular complexity index is 1790. The minimum Gasteiger partial charge on any atom is -0.457 e. The van der Waals surface area contributed by atoms with Gasteiger partial charge in [-0.05, 0) is 96.1 Å². The fraction of sp³-hybridized carbons (Fsp3) is 0.0571. The SMILES string of the molecule is O=C(Oc1ccc(Oc2ccc(NC(=O)N3CC(c4ccc(F)cc4)C(c4ccc(F)cc4)=N3)cc2)cc1)c1ccccc1. The van der Waals surface area contributed by atoms with E-state index >= 15 is 0 Å². The number of nitrogens with zero attached hydrogens (tertiary/aromatic N) is 2. The van der Waals surface area contributed by atoms with E-state index in [4.69, 9.17) is 9.47 Å². The topological polar surface area (TPSA) is 80.2 Å². The molecule has 6 rings (SSSR count). The van der Waals surface area contributed by atoms with E-state index in [0.717, 1.165) is 5.56 Å². The number of rotatable bonds is 7. The molecule has 1 N–H and O–H groups in total. The Labute approximate surface area is 252 Å². The molecule has 1 aliphatic heterocycles. The van der Waals surface area contributed by atoms with Crippen molar-refractivity contribution in [3.05, 3.63) is 156 Å². The normalized spacial score (nSPS) is 14.1. The van der Waals surface area contributed by atoms with Gasteiger partial charge in [-0.1, -0.05) is 42.5 Å². The predicted octanol–water partition coefficient (Wildman–Crippen LogP) is 8.01. The van der Waals surface area contributed by atoms with Crippen LogP contribution in [0.15, 0.2) is 132 Å².